The fraction of sp³-hybridized carbons (Fsp3) is 0.200. The lowest BCUT2D eigenvalue weighted by atomic mass is 10.1. The summed E-state index contributed by atoms with van der Waals surface area (Å²) in [6.45, 7) is 3.56. The number of benzene rings is 2. The fourth-order valence-corrected chi connectivity index (χ4v) is 2.43. The molecule has 0 spiro atoms. The lowest BCUT2D eigenvalue weighted by Gasteiger charge is -2.13. The van der Waals surface area contributed by atoms with E-state index in [0.717, 1.165) is 30.2 Å². The monoisotopic (exact) mass is 376 g/mol. The van der Waals surface area contributed by atoms with Gasteiger partial charge in [0.05, 0.1) is 5.56 Å². The van der Waals surface area contributed by atoms with E-state index in [1.54, 1.807) is 0 Å². The average Bonchev–Trinajstić information content (AvgIpc) is 2.64. The van der Waals surface area contributed by atoms with Crippen LogP contribution in [0.2, 0.25) is 0 Å². The van der Waals surface area contributed by atoms with E-state index in [9.17, 15) is 22.8 Å². The van der Waals surface area contributed by atoms with Crippen LogP contribution < -0.4 is 10.6 Å². The second kappa shape index (κ2) is 9.02. The predicted octanol–water partition coefficient (Wildman–Crippen LogP) is 4.19. The van der Waals surface area contributed by atoms with Gasteiger partial charge < -0.3 is 10.6 Å². The second-order valence-corrected chi connectivity index (χ2v) is 5.84. The molecule has 0 aliphatic heterocycles. The van der Waals surface area contributed by atoms with Crippen LogP contribution in [0.4, 0.5) is 18.9 Å². The van der Waals surface area contributed by atoms with Crippen LogP contribution in [0.5, 0.6) is 0 Å². The van der Waals surface area contributed by atoms with Gasteiger partial charge in [0.2, 0.25) is 5.91 Å². The number of hydrogen-bond donors (Lipinski definition) is 2. The van der Waals surface area contributed by atoms with Gasteiger partial charge >= 0.3 is 6.18 Å². The van der Waals surface area contributed by atoms with Crippen molar-refractivity contribution < 1.29 is 22.8 Å². The van der Waals surface area contributed by atoms with E-state index in [2.05, 4.69) is 17.2 Å². The second-order valence-electron chi connectivity index (χ2n) is 5.84. The molecule has 0 atom stereocenters. The van der Waals surface area contributed by atoms with Gasteiger partial charge in [-0.3, -0.25) is 9.59 Å². The van der Waals surface area contributed by atoms with Crippen LogP contribution >= 0.6 is 0 Å². The van der Waals surface area contributed by atoms with E-state index in [-0.39, 0.29) is 11.3 Å². The van der Waals surface area contributed by atoms with Crippen LogP contribution in [-0.2, 0) is 17.4 Å². The summed E-state index contributed by atoms with van der Waals surface area (Å²) >= 11 is 0. The molecule has 0 aromatic heterocycles. The van der Waals surface area contributed by atoms with Crippen molar-refractivity contribution in [2.24, 2.45) is 0 Å². The Labute approximate surface area is 155 Å². The van der Waals surface area contributed by atoms with Crippen LogP contribution in [0.15, 0.2) is 61.2 Å². The number of alkyl halides is 3. The number of nitrogens with one attached hydrogen (secondary N) is 2. The van der Waals surface area contributed by atoms with Crippen molar-refractivity contribution in [2.45, 2.75) is 19.0 Å². The van der Waals surface area contributed by atoms with Crippen LogP contribution in [0, 0.1) is 0 Å². The normalized spacial score (nSPS) is 10.9. The summed E-state index contributed by atoms with van der Waals surface area (Å²) in [4.78, 5) is 23.6. The first-order valence-electron chi connectivity index (χ1n) is 8.27. The predicted molar refractivity (Wildman–Crippen MR) is 97.4 cm³/mol. The molecule has 2 rings (SSSR count). The Bertz CT molecular complexity index is 818. The molecule has 0 fully saturated rings. The third kappa shape index (κ3) is 6.29. The zero-order valence-corrected chi connectivity index (χ0v) is 14.5. The molecule has 4 nitrogen and oxygen atoms in total. The fourth-order valence-electron chi connectivity index (χ4n) is 2.43. The van der Waals surface area contributed by atoms with Gasteiger partial charge in [-0.05, 0) is 42.7 Å². The van der Waals surface area contributed by atoms with Crippen LogP contribution in [0.3, 0.4) is 0 Å². The highest BCUT2D eigenvalue weighted by Gasteiger charge is 2.32. The summed E-state index contributed by atoms with van der Waals surface area (Å²) in [6, 6.07) is 12.4. The molecule has 0 radical (unpaired) electrons. The molecule has 27 heavy (non-hydrogen) atoms. The van der Waals surface area contributed by atoms with E-state index >= 15 is 0 Å². The van der Waals surface area contributed by atoms with Crippen LogP contribution in [0.25, 0.3) is 0 Å². The summed E-state index contributed by atoms with van der Waals surface area (Å²) in [7, 11) is 0. The van der Waals surface area contributed by atoms with Gasteiger partial charge in [-0.2, -0.15) is 13.2 Å². The van der Waals surface area contributed by atoms with Gasteiger partial charge in [-0.15, -0.1) is 0 Å². The van der Waals surface area contributed by atoms with Crippen LogP contribution in [0.1, 0.15) is 27.9 Å². The molecule has 0 heterocycles. The smallest absolute Gasteiger partial charge is 0.352 e. The lowest BCUT2D eigenvalue weighted by molar-refractivity contribution is -0.137. The van der Waals surface area contributed by atoms with Gasteiger partial charge in [0, 0.05) is 17.8 Å². The first-order chi connectivity index (χ1) is 12.8. The maximum absolute atomic E-state index is 13.1. The van der Waals surface area contributed by atoms with Crippen LogP contribution in [-0.4, -0.2) is 18.4 Å². The Kier molecular flexibility index (Phi) is 6.76. The third-order valence-electron chi connectivity index (χ3n) is 3.75. The molecular weight excluding hydrogens is 357 g/mol. The highest BCUT2D eigenvalue weighted by atomic mass is 19.4. The molecule has 2 amide bonds. The standard InChI is InChI=1S/C20H19F3N2O2/c1-2-18(26)25-17-12-15(11-16(13-17)20(21,22)23)19(27)24-10-6-9-14-7-4-3-5-8-14/h2-5,7-8,11-13H,1,6,9-10H2,(H,24,27)(H,25,26). The zero-order chi connectivity index (χ0) is 19.9. The SMILES string of the molecule is C=CC(=O)Nc1cc(C(=O)NCCCc2ccccc2)cc(C(F)(F)F)c1. The maximum atomic E-state index is 13.1. The van der Waals surface area contributed by atoms with Gasteiger partial charge in [-0.1, -0.05) is 36.9 Å². The lowest BCUT2D eigenvalue weighted by Crippen LogP contribution is -2.25. The van der Waals surface area contributed by atoms with E-state index in [1.165, 1.54) is 6.07 Å². The van der Waals surface area contributed by atoms with Crippen molar-refractivity contribution >= 4 is 17.5 Å². The molecule has 2 N–H and O–H groups in total. The molecule has 0 unspecified atom stereocenters. The first-order valence-corrected chi connectivity index (χ1v) is 8.27. The minimum atomic E-state index is -4.64. The number of aryl methyl sites for hydroxylation is 1. The highest BCUT2D eigenvalue weighted by Crippen LogP contribution is 2.32. The number of hydrogen-bond acceptors (Lipinski definition) is 2. The summed E-state index contributed by atoms with van der Waals surface area (Å²) < 4.78 is 39.2. The Balaban J connectivity index is 2.05. The average molecular weight is 376 g/mol. The quantitative estimate of drug-likeness (QED) is 0.562. The minimum absolute atomic E-state index is 0.121. The van der Waals surface area contributed by atoms with Crippen molar-refractivity contribution in [1.29, 1.82) is 0 Å². The molecule has 0 saturated carbocycles. The zero-order valence-electron chi connectivity index (χ0n) is 14.5. The summed E-state index contributed by atoms with van der Waals surface area (Å²) in [5, 5.41) is 4.85. The van der Waals surface area contributed by atoms with E-state index in [1.807, 2.05) is 30.3 Å². The van der Waals surface area contributed by atoms with E-state index < -0.39 is 23.6 Å². The van der Waals surface area contributed by atoms with Gasteiger partial charge in [0.25, 0.3) is 5.91 Å². The summed E-state index contributed by atoms with van der Waals surface area (Å²) in [6.07, 6.45) is -2.32. The molecule has 0 aliphatic rings. The number of rotatable bonds is 7. The Morgan fingerprint density at radius 3 is 2.41 bits per heavy atom. The molecular formula is C20H19F3N2O2. The molecule has 0 saturated heterocycles. The largest absolute Gasteiger partial charge is 0.416 e. The third-order valence-corrected chi connectivity index (χ3v) is 3.75. The number of halogens is 3. The van der Waals surface area contributed by atoms with Crippen molar-refractivity contribution in [3.8, 4) is 0 Å². The van der Waals surface area contributed by atoms with Gasteiger partial charge in [-0.25, -0.2) is 0 Å². The molecule has 7 heteroatoms. The Morgan fingerprint density at radius 1 is 1.07 bits per heavy atom. The molecule has 2 aromatic rings. The maximum Gasteiger partial charge on any atom is 0.416 e. The number of anilines is 1. The minimum Gasteiger partial charge on any atom is -0.352 e. The summed E-state index contributed by atoms with van der Waals surface area (Å²) in [5.41, 5.74) is -0.202. The highest BCUT2D eigenvalue weighted by molar-refractivity contribution is 6.01. The van der Waals surface area contributed by atoms with E-state index in [4.69, 9.17) is 0 Å². The topological polar surface area (TPSA) is 58.2 Å². The molecule has 2 aromatic carbocycles. The van der Waals surface area contributed by atoms with Crippen molar-refractivity contribution in [3.63, 3.8) is 0 Å². The van der Waals surface area contributed by atoms with Gasteiger partial charge in [0.15, 0.2) is 0 Å². The molecule has 0 bridgehead atoms. The Morgan fingerprint density at radius 2 is 1.78 bits per heavy atom. The van der Waals surface area contributed by atoms with Crippen molar-refractivity contribution in [3.05, 3.63) is 77.9 Å². The van der Waals surface area contributed by atoms with E-state index in [0.29, 0.717) is 13.0 Å². The summed E-state index contributed by atoms with van der Waals surface area (Å²) in [5.74, 6) is -1.30. The number of carbonyl (C=O) groups excluding carboxylic acids is 2. The number of carbonyl (C=O) groups is 2. The van der Waals surface area contributed by atoms with Crippen molar-refractivity contribution in [1.82, 2.24) is 5.32 Å². The van der Waals surface area contributed by atoms with Crippen molar-refractivity contribution in [2.75, 3.05) is 11.9 Å². The van der Waals surface area contributed by atoms with Gasteiger partial charge in [0.1, 0.15) is 0 Å². The Hall–Kier alpha value is -3.09. The molecule has 142 valence electrons. The number of amides is 2. The first kappa shape index (κ1) is 20.2. The molecule has 0 aliphatic carbocycles.